The van der Waals surface area contributed by atoms with Crippen LogP contribution in [0.1, 0.15) is 71.1 Å². The highest BCUT2D eigenvalue weighted by Crippen LogP contribution is 2.52. The van der Waals surface area contributed by atoms with Crippen LogP contribution in [0.15, 0.2) is 0 Å². The minimum absolute atomic E-state index is 0.649. The second kappa shape index (κ2) is 5.15. The standard InChI is InChI=1S/C17H31N/c1-3-17(8-4-5-9-17)16(18-2)12-15-11-13-6-7-14(15)10-13/h13-16,18H,3-12H2,1-2H3. The van der Waals surface area contributed by atoms with E-state index in [1.54, 1.807) is 25.7 Å². The minimum Gasteiger partial charge on any atom is -0.316 e. The van der Waals surface area contributed by atoms with Crippen LogP contribution in [0.2, 0.25) is 0 Å². The summed E-state index contributed by atoms with van der Waals surface area (Å²) in [5.74, 6) is 3.27. The molecule has 0 spiro atoms. The van der Waals surface area contributed by atoms with Crippen molar-refractivity contribution in [3.05, 3.63) is 0 Å². The first-order chi connectivity index (χ1) is 8.77. The Kier molecular flexibility index (Phi) is 3.71. The summed E-state index contributed by atoms with van der Waals surface area (Å²) in [5.41, 5.74) is 0.649. The zero-order valence-electron chi connectivity index (χ0n) is 12.4. The van der Waals surface area contributed by atoms with Crippen molar-refractivity contribution in [1.82, 2.24) is 5.32 Å². The first kappa shape index (κ1) is 13.0. The average molecular weight is 249 g/mol. The molecule has 1 N–H and O–H groups in total. The predicted octanol–water partition coefficient (Wildman–Crippen LogP) is 4.37. The first-order valence-electron chi connectivity index (χ1n) is 8.44. The summed E-state index contributed by atoms with van der Waals surface area (Å²) in [7, 11) is 2.22. The molecule has 4 unspecified atom stereocenters. The van der Waals surface area contributed by atoms with Crippen molar-refractivity contribution in [2.75, 3.05) is 7.05 Å². The van der Waals surface area contributed by atoms with Gasteiger partial charge in [-0.05, 0) is 75.2 Å². The summed E-state index contributed by atoms with van der Waals surface area (Å²) in [6, 6.07) is 0.800. The van der Waals surface area contributed by atoms with Crippen molar-refractivity contribution in [1.29, 1.82) is 0 Å². The maximum absolute atomic E-state index is 3.72. The third-order valence-corrected chi connectivity index (χ3v) is 6.81. The third-order valence-electron chi connectivity index (χ3n) is 6.81. The van der Waals surface area contributed by atoms with Crippen molar-refractivity contribution in [2.45, 2.75) is 77.2 Å². The van der Waals surface area contributed by atoms with Crippen molar-refractivity contribution < 1.29 is 0 Å². The van der Waals surface area contributed by atoms with Crippen LogP contribution in [0, 0.1) is 23.2 Å². The van der Waals surface area contributed by atoms with Gasteiger partial charge >= 0.3 is 0 Å². The maximum Gasteiger partial charge on any atom is 0.0123 e. The summed E-state index contributed by atoms with van der Waals surface area (Å²) in [6.07, 6.45) is 15.0. The van der Waals surface area contributed by atoms with E-state index in [0.717, 1.165) is 23.8 Å². The number of hydrogen-bond acceptors (Lipinski definition) is 1. The van der Waals surface area contributed by atoms with Gasteiger partial charge < -0.3 is 5.32 Å². The number of rotatable bonds is 5. The lowest BCUT2D eigenvalue weighted by Gasteiger charge is -2.39. The van der Waals surface area contributed by atoms with Crippen LogP contribution >= 0.6 is 0 Å². The second-order valence-electron chi connectivity index (χ2n) is 7.43. The van der Waals surface area contributed by atoms with Gasteiger partial charge in [-0.2, -0.15) is 0 Å². The van der Waals surface area contributed by atoms with Gasteiger partial charge in [-0.3, -0.25) is 0 Å². The Balaban J connectivity index is 1.65. The quantitative estimate of drug-likeness (QED) is 0.763. The monoisotopic (exact) mass is 249 g/mol. The van der Waals surface area contributed by atoms with E-state index >= 15 is 0 Å². The van der Waals surface area contributed by atoms with Gasteiger partial charge in [0.25, 0.3) is 0 Å². The molecule has 0 radical (unpaired) electrons. The second-order valence-corrected chi connectivity index (χ2v) is 7.43. The molecule has 1 nitrogen and oxygen atoms in total. The van der Waals surface area contributed by atoms with E-state index in [-0.39, 0.29) is 0 Å². The molecule has 0 aromatic rings. The lowest BCUT2D eigenvalue weighted by molar-refractivity contribution is 0.148. The molecule has 0 saturated heterocycles. The zero-order valence-corrected chi connectivity index (χ0v) is 12.4. The molecule has 3 fully saturated rings. The van der Waals surface area contributed by atoms with Crippen LogP contribution in [0.4, 0.5) is 0 Å². The molecule has 2 bridgehead atoms. The van der Waals surface area contributed by atoms with Crippen molar-refractivity contribution >= 4 is 0 Å². The maximum atomic E-state index is 3.72. The van der Waals surface area contributed by atoms with Crippen LogP contribution in [0.5, 0.6) is 0 Å². The van der Waals surface area contributed by atoms with Crippen molar-refractivity contribution in [2.24, 2.45) is 23.2 Å². The van der Waals surface area contributed by atoms with Crippen molar-refractivity contribution in [3.63, 3.8) is 0 Å². The molecular weight excluding hydrogens is 218 g/mol. The molecule has 0 amide bonds. The number of hydrogen-bond donors (Lipinski definition) is 1. The topological polar surface area (TPSA) is 12.0 Å². The smallest absolute Gasteiger partial charge is 0.0123 e. The molecular formula is C17H31N. The van der Waals surface area contributed by atoms with Gasteiger partial charge in [-0.25, -0.2) is 0 Å². The Morgan fingerprint density at radius 1 is 1.17 bits per heavy atom. The number of fused-ring (bicyclic) bond motifs is 2. The van der Waals surface area contributed by atoms with E-state index in [0.29, 0.717) is 5.41 Å². The molecule has 0 aromatic heterocycles. The molecule has 3 saturated carbocycles. The highest BCUT2D eigenvalue weighted by molar-refractivity contribution is 4.98. The highest BCUT2D eigenvalue weighted by atomic mass is 14.9. The average Bonchev–Trinajstić information content (AvgIpc) is 3.11. The predicted molar refractivity (Wildman–Crippen MR) is 77.6 cm³/mol. The van der Waals surface area contributed by atoms with Crippen LogP contribution in [-0.4, -0.2) is 13.1 Å². The Morgan fingerprint density at radius 3 is 2.44 bits per heavy atom. The minimum atomic E-state index is 0.649. The molecule has 3 aliphatic rings. The molecule has 1 heteroatoms. The first-order valence-corrected chi connectivity index (χ1v) is 8.44. The fraction of sp³-hybridized carbons (Fsp3) is 1.00. The Labute approximate surface area is 113 Å². The van der Waals surface area contributed by atoms with E-state index in [2.05, 4.69) is 19.3 Å². The third kappa shape index (κ3) is 2.13. The summed E-state index contributed by atoms with van der Waals surface area (Å²) in [6.45, 7) is 2.43. The van der Waals surface area contributed by atoms with Gasteiger partial charge in [0.1, 0.15) is 0 Å². The Hall–Kier alpha value is -0.0400. The zero-order chi connectivity index (χ0) is 12.6. The summed E-state index contributed by atoms with van der Waals surface area (Å²) >= 11 is 0. The molecule has 3 aliphatic carbocycles. The van der Waals surface area contributed by atoms with E-state index in [1.165, 1.54) is 38.5 Å². The van der Waals surface area contributed by atoms with Gasteiger partial charge in [-0.15, -0.1) is 0 Å². The van der Waals surface area contributed by atoms with Gasteiger partial charge in [-0.1, -0.05) is 26.2 Å². The van der Waals surface area contributed by atoms with Crippen LogP contribution in [-0.2, 0) is 0 Å². The van der Waals surface area contributed by atoms with E-state index in [4.69, 9.17) is 0 Å². The van der Waals surface area contributed by atoms with Gasteiger partial charge in [0.2, 0.25) is 0 Å². The molecule has 0 heterocycles. The van der Waals surface area contributed by atoms with Crippen LogP contribution in [0.25, 0.3) is 0 Å². The molecule has 104 valence electrons. The summed E-state index contributed by atoms with van der Waals surface area (Å²) in [5, 5.41) is 3.72. The lowest BCUT2D eigenvalue weighted by Crippen LogP contribution is -2.43. The normalized spacial score (nSPS) is 39.3. The van der Waals surface area contributed by atoms with Crippen molar-refractivity contribution in [3.8, 4) is 0 Å². The van der Waals surface area contributed by atoms with Crippen LogP contribution in [0.3, 0.4) is 0 Å². The van der Waals surface area contributed by atoms with E-state index in [9.17, 15) is 0 Å². The molecule has 3 rings (SSSR count). The number of nitrogens with one attached hydrogen (secondary N) is 1. The van der Waals surface area contributed by atoms with E-state index < -0.39 is 0 Å². The molecule has 0 aliphatic heterocycles. The van der Waals surface area contributed by atoms with Gasteiger partial charge in [0.05, 0.1) is 0 Å². The Bertz CT molecular complexity index is 279. The van der Waals surface area contributed by atoms with E-state index in [1.807, 2.05) is 0 Å². The molecule has 0 aromatic carbocycles. The van der Waals surface area contributed by atoms with Gasteiger partial charge in [0.15, 0.2) is 0 Å². The van der Waals surface area contributed by atoms with Crippen LogP contribution < -0.4 is 5.32 Å². The molecule has 18 heavy (non-hydrogen) atoms. The largest absolute Gasteiger partial charge is 0.316 e. The fourth-order valence-electron chi connectivity index (χ4n) is 5.67. The lowest BCUT2D eigenvalue weighted by atomic mass is 9.71. The fourth-order valence-corrected chi connectivity index (χ4v) is 5.67. The van der Waals surface area contributed by atoms with Gasteiger partial charge in [0, 0.05) is 6.04 Å². The summed E-state index contributed by atoms with van der Waals surface area (Å²) < 4.78 is 0. The summed E-state index contributed by atoms with van der Waals surface area (Å²) in [4.78, 5) is 0. The Morgan fingerprint density at radius 2 is 1.94 bits per heavy atom. The SMILES string of the molecule is CCC1(C(CC2CC3CCC2C3)NC)CCCC1. The molecule has 4 atom stereocenters. The highest BCUT2D eigenvalue weighted by Gasteiger charge is 2.44.